The van der Waals surface area contributed by atoms with Crippen LogP contribution in [0.1, 0.15) is 23.1 Å². The van der Waals surface area contributed by atoms with Crippen LogP contribution in [-0.2, 0) is 6.42 Å². The Hall–Kier alpha value is -0.760. The van der Waals surface area contributed by atoms with Gasteiger partial charge in [-0.15, -0.1) is 0 Å². The predicted molar refractivity (Wildman–Crippen MR) is 61.8 cm³/mol. The molecule has 0 saturated heterocycles. The van der Waals surface area contributed by atoms with E-state index in [1.54, 1.807) is 7.11 Å². The zero-order valence-corrected chi connectivity index (χ0v) is 10.1. The van der Waals surface area contributed by atoms with Crippen molar-refractivity contribution >= 4 is 11.6 Å². The van der Waals surface area contributed by atoms with Gasteiger partial charge < -0.3 is 4.74 Å². The minimum Gasteiger partial charge on any atom is -0.496 e. The van der Waals surface area contributed by atoms with Crippen molar-refractivity contribution in [3.05, 3.63) is 27.8 Å². The summed E-state index contributed by atoms with van der Waals surface area (Å²) in [6.45, 7) is 3.58. The maximum absolute atomic E-state index is 12.2. The maximum Gasteiger partial charge on any atom is 0.122 e. The maximum atomic E-state index is 12.2. The third-order valence-electron chi connectivity index (χ3n) is 2.55. The molecule has 0 bridgehead atoms. The van der Waals surface area contributed by atoms with Crippen LogP contribution in [0.4, 0.5) is 4.39 Å². The monoisotopic (exact) mass is 230 g/mol. The lowest BCUT2D eigenvalue weighted by Crippen LogP contribution is -1.99. The topological polar surface area (TPSA) is 9.23 Å². The SMILES string of the molecule is COc1cc(C)c(Cl)c(C)c1CCCF. The zero-order valence-electron chi connectivity index (χ0n) is 9.36. The number of hydrogen-bond donors (Lipinski definition) is 0. The Morgan fingerprint density at radius 1 is 1.40 bits per heavy atom. The van der Waals surface area contributed by atoms with E-state index in [1.165, 1.54) is 0 Å². The molecule has 84 valence electrons. The highest BCUT2D eigenvalue weighted by Crippen LogP contribution is 2.32. The van der Waals surface area contributed by atoms with Gasteiger partial charge in [0.1, 0.15) is 5.75 Å². The number of ether oxygens (including phenoxy) is 1. The van der Waals surface area contributed by atoms with Gasteiger partial charge in [-0.05, 0) is 49.4 Å². The Labute approximate surface area is 95.2 Å². The molecule has 1 aromatic carbocycles. The average molecular weight is 231 g/mol. The van der Waals surface area contributed by atoms with Crippen LogP contribution in [0.15, 0.2) is 6.07 Å². The minimum absolute atomic E-state index is 0.311. The molecular weight excluding hydrogens is 215 g/mol. The molecule has 1 rings (SSSR count). The van der Waals surface area contributed by atoms with Crippen molar-refractivity contribution in [2.24, 2.45) is 0 Å². The van der Waals surface area contributed by atoms with Crippen LogP contribution in [0.3, 0.4) is 0 Å². The standard InChI is InChI=1S/C12H16ClFO/c1-8-7-11(15-3)10(5-4-6-14)9(2)12(8)13/h7H,4-6H2,1-3H3. The van der Waals surface area contributed by atoms with Crippen LogP contribution in [-0.4, -0.2) is 13.8 Å². The lowest BCUT2D eigenvalue weighted by molar-refractivity contribution is 0.405. The molecule has 0 fully saturated rings. The zero-order chi connectivity index (χ0) is 11.4. The first-order valence-electron chi connectivity index (χ1n) is 5.00. The van der Waals surface area contributed by atoms with Gasteiger partial charge in [0, 0.05) is 5.02 Å². The Bertz CT molecular complexity index is 350. The van der Waals surface area contributed by atoms with Crippen LogP contribution >= 0.6 is 11.6 Å². The highest BCUT2D eigenvalue weighted by Gasteiger charge is 2.11. The molecular formula is C12H16ClFO. The van der Waals surface area contributed by atoms with E-state index in [9.17, 15) is 4.39 Å². The first-order valence-corrected chi connectivity index (χ1v) is 5.38. The number of hydrogen-bond acceptors (Lipinski definition) is 1. The van der Waals surface area contributed by atoms with Gasteiger partial charge in [-0.3, -0.25) is 4.39 Å². The van der Waals surface area contributed by atoms with E-state index in [2.05, 4.69) is 0 Å². The molecule has 0 heterocycles. The number of rotatable bonds is 4. The Morgan fingerprint density at radius 3 is 2.60 bits per heavy atom. The van der Waals surface area contributed by atoms with Crippen molar-refractivity contribution in [2.75, 3.05) is 13.8 Å². The van der Waals surface area contributed by atoms with E-state index in [4.69, 9.17) is 16.3 Å². The summed E-state index contributed by atoms with van der Waals surface area (Å²) in [6, 6.07) is 1.91. The number of methoxy groups -OCH3 is 1. The fourth-order valence-corrected chi connectivity index (χ4v) is 1.87. The number of alkyl halides is 1. The third-order valence-corrected chi connectivity index (χ3v) is 3.14. The van der Waals surface area contributed by atoms with Gasteiger partial charge in [-0.25, -0.2) is 0 Å². The second kappa shape index (κ2) is 5.36. The van der Waals surface area contributed by atoms with Crippen molar-refractivity contribution in [2.45, 2.75) is 26.7 Å². The predicted octanol–water partition coefficient (Wildman–Crippen LogP) is 3.87. The van der Waals surface area contributed by atoms with Crippen molar-refractivity contribution in [3.8, 4) is 5.75 Å². The molecule has 15 heavy (non-hydrogen) atoms. The first kappa shape index (κ1) is 12.3. The van der Waals surface area contributed by atoms with Crippen molar-refractivity contribution < 1.29 is 9.13 Å². The van der Waals surface area contributed by atoms with Gasteiger partial charge >= 0.3 is 0 Å². The van der Waals surface area contributed by atoms with Gasteiger partial charge in [0.05, 0.1) is 13.8 Å². The Morgan fingerprint density at radius 2 is 2.07 bits per heavy atom. The lowest BCUT2D eigenvalue weighted by Gasteiger charge is -2.14. The second-order valence-corrected chi connectivity index (χ2v) is 3.98. The molecule has 0 unspecified atom stereocenters. The smallest absolute Gasteiger partial charge is 0.122 e. The molecule has 0 amide bonds. The van der Waals surface area contributed by atoms with E-state index < -0.39 is 0 Å². The Kier molecular flexibility index (Phi) is 4.40. The highest BCUT2D eigenvalue weighted by molar-refractivity contribution is 6.32. The summed E-state index contributed by atoms with van der Waals surface area (Å²) in [5.74, 6) is 0.808. The van der Waals surface area contributed by atoms with E-state index in [0.717, 1.165) is 27.5 Å². The molecule has 0 radical (unpaired) electrons. The number of halogens is 2. The van der Waals surface area contributed by atoms with Gasteiger partial charge in [-0.1, -0.05) is 11.6 Å². The minimum atomic E-state index is -0.311. The quantitative estimate of drug-likeness (QED) is 0.763. The molecule has 1 aromatic rings. The fraction of sp³-hybridized carbons (Fsp3) is 0.500. The highest BCUT2D eigenvalue weighted by atomic mass is 35.5. The summed E-state index contributed by atoms with van der Waals surface area (Å²) in [7, 11) is 1.63. The normalized spacial score (nSPS) is 10.5. The molecule has 0 saturated carbocycles. The van der Waals surface area contributed by atoms with Gasteiger partial charge in [0.15, 0.2) is 0 Å². The van der Waals surface area contributed by atoms with E-state index in [-0.39, 0.29) is 6.67 Å². The summed E-state index contributed by atoms with van der Waals surface area (Å²) in [6.07, 6.45) is 1.18. The van der Waals surface area contributed by atoms with Gasteiger partial charge in [0.2, 0.25) is 0 Å². The average Bonchev–Trinajstić information content (AvgIpc) is 2.24. The summed E-state index contributed by atoms with van der Waals surface area (Å²) >= 11 is 6.14. The number of aryl methyl sites for hydroxylation is 1. The van der Waals surface area contributed by atoms with Gasteiger partial charge in [-0.2, -0.15) is 0 Å². The third kappa shape index (κ3) is 2.63. The van der Waals surface area contributed by atoms with Crippen LogP contribution in [0, 0.1) is 13.8 Å². The second-order valence-electron chi connectivity index (χ2n) is 3.61. The molecule has 0 atom stereocenters. The van der Waals surface area contributed by atoms with Crippen molar-refractivity contribution in [1.29, 1.82) is 0 Å². The molecule has 3 heteroatoms. The molecule has 0 aliphatic heterocycles. The molecule has 0 aliphatic rings. The summed E-state index contributed by atoms with van der Waals surface area (Å²) in [4.78, 5) is 0. The van der Waals surface area contributed by atoms with Crippen molar-refractivity contribution in [1.82, 2.24) is 0 Å². The number of benzene rings is 1. The van der Waals surface area contributed by atoms with Crippen LogP contribution < -0.4 is 4.74 Å². The Balaban J connectivity index is 3.15. The summed E-state index contributed by atoms with van der Waals surface area (Å²) < 4.78 is 17.4. The summed E-state index contributed by atoms with van der Waals surface area (Å²) in [5, 5.41) is 0.754. The summed E-state index contributed by atoms with van der Waals surface area (Å²) in [5.41, 5.74) is 3.02. The van der Waals surface area contributed by atoms with Crippen LogP contribution in [0.25, 0.3) is 0 Å². The van der Waals surface area contributed by atoms with Crippen LogP contribution in [0.5, 0.6) is 5.75 Å². The fourth-order valence-electron chi connectivity index (χ4n) is 1.70. The molecule has 1 nitrogen and oxygen atoms in total. The first-order chi connectivity index (χ1) is 7.11. The molecule has 0 N–H and O–H groups in total. The largest absolute Gasteiger partial charge is 0.496 e. The van der Waals surface area contributed by atoms with E-state index >= 15 is 0 Å². The van der Waals surface area contributed by atoms with E-state index in [0.29, 0.717) is 12.8 Å². The molecule has 0 spiro atoms. The van der Waals surface area contributed by atoms with Gasteiger partial charge in [0.25, 0.3) is 0 Å². The van der Waals surface area contributed by atoms with Crippen LogP contribution in [0.2, 0.25) is 5.02 Å². The van der Waals surface area contributed by atoms with Crippen molar-refractivity contribution in [3.63, 3.8) is 0 Å². The molecule has 0 aromatic heterocycles. The lowest BCUT2D eigenvalue weighted by atomic mass is 10.0. The molecule has 0 aliphatic carbocycles. The van der Waals surface area contributed by atoms with E-state index in [1.807, 2.05) is 19.9 Å².